The quantitative estimate of drug-likeness (QED) is 0.124. The van der Waals surface area contributed by atoms with Crippen molar-refractivity contribution in [1.82, 2.24) is 45.4 Å². The highest BCUT2D eigenvalue weighted by Gasteiger charge is 2.18. The SMILES string of the molecule is Cc1ccc(-c2cc3nccnc3c(NCCCC(N)c3cnc4c(NC[C@H]5CCCNC5)nc(-c5cn[nH]c5)cc4n3)n2)cc1. The fourth-order valence-corrected chi connectivity index (χ4v) is 5.86. The van der Waals surface area contributed by atoms with E-state index in [4.69, 9.17) is 25.7 Å². The van der Waals surface area contributed by atoms with E-state index >= 15 is 0 Å². The maximum absolute atomic E-state index is 6.67. The largest absolute Gasteiger partial charge is 0.368 e. The minimum atomic E-state index is -0.280. The second kappa shape index (κ2) is 13.5. The van der Waals surface area contributed by atoms with Gasteiger partial charge in [0, 0.05) is 48.8 Å². The average molecular weight is 615 g/mol. The van der Waals surface area contributed by atoms with Crippen molar-refractivity contribution in [3.05, 3.63) is 78.6 Å². The molecule has 0 saturated carbocycles. The molecule has 46 heavy (non-hydrogen) atoms. The van der Waals surface area contributed by atoms with Crippen molar-refractivity contribution < 1.29 is 0 Å². The van der Waals surface area contributed by atoms with Crippen LogP contribution in [-0.4, -0.2) is 66.3 Å². The van der Waals surface area contributed by atoms with E-state index in [1.165, 1.54) is 18.4 Å². The zero-order valence-electron chi connectivity index (χ0n) is 25.9. The number of benzene rings is 1. The maximum Gasteiger partial charge on any atom is 0.154 e. The lowest BCUT2D eigenvalue weighted by atomic mass is 10.00. The molecule has 12 nitrogen and oxygen atoms in total. The normalized spacial score (nSPS) is 15.7. The molecule has 2 atom stereocenters. The molecule has 0 bridgehead atoms. The van der Waals surface area contributed by atoms with Gasteiger partial charge in [0.1, 0.15) is 11.0 Å². The molecule has 0 spiro atoms. The molecule has 234 valence electrons. The molecule has 6 aromatic rings. The highest BCUT2D eigenvalue weighted by atomic mass is 15.1. The van der Waals surface area contributed by atoms with Crippen molar-refractivity contribution in [2.75, 3.05) is 36.8 Å². The number of fused-ring (bicyclic) bond motifs is 2. The van der Waals surface area contributed by atoms with Gasteiger partial charge < -0.3 is 21.7 Å². The summed E-state index contributed by atoms with van der Waals surface area (Å²) < 4.78 is 0. The molecule has 12 heteroatoms. The smallest absolute Gasteiger partial charge is 0.154 e. The first-order chi connectivity index (χ1) is 22.6. The molecule has 7 rings (SSSR count). The van der Waals surface area contributed by atoms with Gasteiger partial charge in [0.2, 0.25) is 0 Å². The first-order valence-corrected chi connectivity index (χ1v) is 15.9. The van der Waals surface area contributed by atoms with E-state index < -0.39 is 0 Å². The Labute approximate surface area is 267 Å². The van der Waals surface area contributed by atoms with Crippen LogP contribution < -0.4 is 21.7 Å². The van der Waals surface area contributed by atoms with E-state index in [-0.39, 0.29) is 6.04 Å². The topological polar surface area (TPSA) is 168 Å². The summed E-state index contributed by atoms with van der Waals surface area (Å²) in [6, 6.07) is 12.0. The Morgan fingerprint density at radius 3 is 2.48 bits per heavy atom. The Hall–Kier alpha value is -5.07. The van der Waals surface area contributed by atoms with Gasteiger partial charge in [-0.15, -0.1) is 0 Å². The van der Waals surface area contributed by atoms with Crippen LogP contribution in [0.1, 0.15) is 43.0 Å². The van der Waals surface area contributed by atoms with Crippen LogP contribution in [0.15, 0.2) is 67.4 Å². The molecular formula is C34H38N12. The number of nitrogens with one attached hydrogen (secondary N) is 4. The van der Waals surface area contributed by atoms with Crippen LogP contribution in [0, 0.1) is 12.8 Å². The molecule has 0 amide bonds. The maximum atomic E-state index is 6.67. The first-order valence-electron chi connectivity index (χ1n) is 15.9. The summed E-state index contributed by atoms with van der Waals surface area (Å²) in [5.41, 5.74) is 15.2. The highest BCUT2D eigenvalue weighted by Crippen LogP contribution is 2.28. The van der Waals surface area contributed by atoms with E-state index in [0.717, 1.165) is 82.1 Å². The Morgan fingerprint density at radius 2 is 1.67 bits per heavy atom. The van der Waals surface area contributed by atoms with Gasteiger partial charge in [0.15, 0.2) is 11.6 Å². The van der Waals surface area contributed by atoms with Crippen LogP contribution in [0.25, 0.3) is 44.6 Å². The van der Waals surface area contributed by atoms with Crippen LogP contribution >= 0.6 is 0 Å². The first kappa shape index (κ1) is 29.6. The number of anilines is 2. The zero-order chi connectivity index (χ0) is 31.3. The number of pyridine rings is 2. The van der Waals surface area contributed by atoms with Crippen molar-refractivity contribution in [2.24, 2.45) is 11.7 Å². The molecule has 5 aromatic heterocycles. The predicted molar refractivity (Wildman–Crippen MR) is 181 cm³/mol. The lowest BCUT2D eigenvalue weighted by Gasteiger charge is -2.23. The van der Waals surface area contributed by atoms with Crippen LogP contribution in [0.3, 0.4) is 0 Å². The van der Waals surface area contributed by atoms with E-state index in [1.54, 1.807) is 24.8 Å². The van der Waals surface area contributed by atoms with Crippen molar-refractivity contribution in [3.8, 4) is 22.5 Å². The summed E-state index contributed by atoms with van der Waals surface area (Å²) in [6.45, 7) is 5.66. The molecule has 1 saturated heterocycles. The molecular weight excluding hydrogens is 576 g/mol. The second-order valence-corrected chi connectivity index (χ2v) is 11.9. The number of nitrogens with zero attached hydrogens (tertiary/aromatic N) is 7. The Bertz CT molecular complexity index is 1920. The second-order valence-electron chi connectivity index (χ2n) is 11.9. The van der Waals surface area contributed by atoms with Gasteiger partial charge in [-0.2, -0.15) is 5.10 Å². The molecule has 1 aromatic carbocycles. The van der Waals surface area contributed by atoms with E-state index in [9.17, 15) is 0 Å². The molecule has 1 aliphatic rings. The predicted octanol–water partition coefficient (Wildman–Crippen LogP) is 5.03. The molecule has 6 heterocycles. The summed E-state index contributed by atoms with van der Waals surface area (Å²) in [6.07, 6.45) is 12.7. The highest BCUT2D eigenvalue weighted by molar-refractivity contribution is 5.89. The summed E-state index contributed by atoms with van der Waals surface area (Å²) in [5.74, 6) is 1.98. The van der Waals surface area contributed by atoms with Crippen molar-refractivity contribution >= 4 is 33.7 Å². The summed E-state index contributed by atoms with van der Waals surface area (Å²) in [5, 5.41) is 17.5. The Kier molecular flexibility index (Phi) is 8.70. The minimum absolute atomic E-state index is 0.280. The minimum Gasteiger partial charge on any atom is -0.368 e. The molecule has 0 aliphatic carbocycles. The lowest BCUT2D eigenvalue weighted by Crippen LogP contribution is -2.33. The number of rotatable bonds is 11. The average Bonchev–Trinajstić information content (AvgIpc) is 3.65. The molecule has 1 unspecified atom stereocenters. The number of piperidine rings is 1. The van der Waals surface area contributed by atoms with Crippen LogP contribution in [0.4, 0.5) is 11.6 Å². The number of aryl methyl sites for hydroxylation is 1. The standard InChI is InChI=1S/C34H38N12/c1-21-6-8-23(9-7-21)26-14-28-31(38-13-12-37-28)33(45-26)39-11-3-5-25(35)30-20-40-32-29(44-30)15-27(24-18-42-43-19-24)46-34(32)41-17-22-4-2-10-36-16-22/h6-9,12-15,18-20,22,25,36H,2-5,10-11,16-17,35H2,1H3,(H,39,45)(H,41,46)(H,42,43)/t22-,25?/m0/s1. The van der Waals surface area contributed by atoms with E-state index in [0.29, 0.717) is 24.7 Å². The third-order valence-corrected chi connectivity index (χ3v) is 8.47. The van der Waals surface area contributed by atoms with Crippen molar-refractivity contribution in [2.45, 2.75) is 38.6 Å². The van der Waals surface area contributed by atoms with Gasteiger partial charge in [-0.1, -0.05) is 29.8 Å². The number of aromatic amines is 1. The van der Waals surface area contributed by atoms with Crippen LogP contribution in [0.5, 0.6) is 0 Å². The summed E-state index contributed by atoms with van der Waals surface area (Å²) in [7, 11) is 0. The number of H-pyrrole nitrogens is 1. The van der Waals surface area contributed by atoms with Gasteiger partial charge in [-0.3, -0.25) is 10.1 Å². The summed E-state index contributed by atoms with van der Waals surface area (Å²) >= 11 is 0. The number of nitrogens with two attached hydrogens (primary N) is 1. The fourth-order valence-electron chi connectivity index (χ4n) is 5.86. The third kappa shape index (κ3) is 6.63. The monoisotopic (exact) mass is 614 g/mol. The van der Waals surface area contributed by atoms with Crippen LogP contribution in [-0.2, 0) is 0 Å². The van der Waals surface area contributed by atoms with Crippen molar-refractivity contribution in [1.29, 1.82) is 0 Å². The molecule has 1 fully saturated rings. The van der Waals surface area contributed by atoms with Gasteiger partial charge in [-0.05, 0) is 63.7 Å². The Morgan fingerprint density at radius 1 is 0.891 bits per heavy atom. The van der Waals surface area contributed by atoms with Gasteiger partial charge in [-0.25, -0.2) is 24.9 Å². The zero-order valence-corrected chi connectivity index (χ0v) is 25.9. The van der Waals surface area contributed by atoms with E-state index in [1.807, 2.05) is 18.3 Å². The van der Waals surface area contributed by atoms with Gasteiger partial charge in [0.05, 0.1) is 40.5 Å². The molecule has 1 aliphatic heterocycles. The number of aromatic nitrogens is 8. The number of hydrogen-bond donors (Lipinski definition) is 5. The Balaban J connectivity index is 1.05. The third-order valence-electron chi connectivity index (χ3n) is 8.47. The van der Waals surface area contributed by atoms with E-state index in [2.05, 4.69) is 67.3 Å². The van der Waals surface area contributed by atoms with Crippen LogP contribution in [0.2, 0.25) is 0 Å². The number of hydrogen-bond acceptors (Lipinski definition) is 11. The molecule has 6 N–H and O–H groups in total. The van der Waals surface area contributed by atoms with Gasteiger partial charge >= 0.3 is 0 Å². The van der Waals surface area contributed by atoms with Crippen molar-refractivity contribution in [3.63, 3.8) is 0 Å². The lowest BCUT2D eigenvalue weighted by molar-refractivity contribution is 0.392. The van der Waals surface area contributed by atoms with Gasteiger partial charge in [0.25, 0.3) is 0 Å². The fraction of sp³-hybridized carbons (Fsp3) is 0.324. The summed E-state index contributed by atoms with van der Waals surface area (Å²) in [4.78, 5) is 28.6. The molecule has 0 radical (unpaired) electrons.